The minimum absolute atomic E-state index is 0.306. The van der Waals surface area contributed by atoms with Crippen molar-refractivity contribution in [1.29, 1.82) is 0 Å². The summed E-state index contributed by atoms with van der Waals surface area (Å²) in [6.07, 6.45) is 3.37. The first-order chi connectivity index (χ1) is 6.93. The highest BCUT2D eigenvalue weighted by atomic mass is 32.2. The van der Waals surface area contributed by atoms with Crippen LogP contribution < -0.4 is 4.72 Å². The molecule has 0 saturated carbocycles. The van der Waals surface area contributed by atoms with Crippen molar-refractivity contribution in [3.8, 4) is 0 Å². The zero-order valence-corrected chi connectivity index (χ0v) is 10.0. The Hall–Kier alpha value is -0.940. The van der Waals surface area contributed by atoms with Crippen LogP contribution in [0.2, 0.25) is 0 Å². The number of aryl methyl sites for hydroxylation is 1. The first-order valence-corrected chi connectivity index (χ1v) is 6.36. The van der Waals surface area contributed by atoms with Gasteiger partial charge in [0.25, 0.3) is 0 Å². The van der Waals surface area contributed by atoms with Gasteiger partial charge in [-0.25, -0.2) is 13.1 Å². The van der Waals surface area contributed by atoms with Gasteiger partial charge in [0, 0.05) is 18.9 Å². The lowest BCUT2D eigenvalue weighted by molar-refractivity contribution is 0.572. The van der Waals surface area contributed by atoms with Crippen molar-refractivity contribution in [2.75, 3.05) is 0 Å². The predicted octanol–water partition coefficient (Wildman–Crippen LogP) is 1.22. The summed E-state index contributed by atoms with van der Waals surface area (Å²) in [5.41, 5.74) is 1.94. The summed E-state index contributed by atoms with van der Waals surface area (Å²) < 4.78 is 25.5. The highest BCUT2D eigenvalue weighted by Crippen LogP contribution is 2.06. The van der Waals surface area contributed by atoms with E-state index in [0.29, 0.717) is 6.54 Å². The molecule has 0 aliphatic rings. The van der Waals surface area contributed by atoms with E-state index in [9.17, 15) is 8.42 Å². The second-order valence-corrected chi connectivity index (χ2v) is 6.04. The zero-order valence-electron chi connectivity index (χ0n) is 9.19. The van der Waals surface area contributed by atoms with Gasteiger partial charge in [0.1, 0.15) is 0 Å². The third-order valence-corrected chi connectivity index (χ3v) is 4.02. The Kier molecular flexibility index (Phi) is 3.82. The van der Waals surface area contributed by atoms with Gasteiger partial charge in [0.15, 0.2) is 0 Å². The van der Waals surface area contributed by atoms with E-state index in [-0.39, 0.29) is 0 Å². The molecular weight excluding hydrogens is 212 g/mol. The van der Waals surface area contributed by atoms with Crippen LogP contribution in [0.1, 0.15) is 25.0 Å². The van der Waals surface area contributed by atoms with Crippen molar-refractivity contribution in [3.05, 3.63) is 29.6 Å². The molecule has 1 rings (SSSR count). The lowest BCUT2D eigenvalue weighted by Gasteiger charge is -2.10. The lowest BCUT2D eigenvalue weighted by Crippen LogP contribution is -2.30. The highest BCUT2D eigenvalue weighted by molar-refractivity contribution is 7.90. The van der Waals surface area contributed by atoms with Crippen LogP contribution >= 0.6 is 0 Å². The van der Waals surface area contributed by atoms with E-state index < -0.39 is 15.3 Å². The number of nitrogens with one attached hydrogen (secondary N) is 1. The van der Waals surface area contributed by atoms with E-state index in [4.69, 9.17) is 0 Å². The van der Waals surface area contributed by atoms with Gasteiger partial charge in [-0.1, -0.05) is 0 Å². The van der Waals surface area contributed by atoms with Crippen LogP contribution in [0.15, 0.2) is 18.5 Å². The molecule has 15 heavy (non-hydrogen) atoms. The van der Waals surface area contributed by atoms with Crippen LogP contribution in [0.5, 0.6) is 0 Å². The maximum atomic E-state index is 11.5. The summed E-state index contributed by atoms with van der Waals surface area (Å²) in [7, 11) is -3.19. The van der Waals surface area contributed by atoms with Crippen LogP contribution in [0.25, 0.3) is 0 Å². The predicted molar refractivity (Wildman–Crippen MR) is 59.9 cm³/mol. The number of hydrogen-bond donors (Lipinski definition) is 1. The molecule has 1 heterocycles. The molecule has 0 saturated heterocycles. The van der Waals surface area contributed by atoms with Crippen molar-refractivity contribution >= 4 is 10.0 Å². The number of aromatic nitrogens is 1. The molecular formula is C10H16N2O2S. The van der Waals surface area contributed by atoms with E-state index in [2.05, 4.69) is 9.71 Å². The van der Waals surface area contributed by atoms with Crippen molar-refractivity contribution in [2.45, 2.75) is 32.6 Å². The minimum Gasteiger partial charge on any atom is -0.264 e. The molecule has 1 aromatic rings. The Bertz CT molecular complexity index is 427. The van der Waals surface area contributed by atoms with Gasteiger partial charge in [-0.15, -0.1) is 0 Å². The Morgan fingerprint density at radius 2 is 2.13 bits per heavy atom. The molecule has 0 amide bonds. The number of nitrogens with zero attached hydrogens (tertiary/aromatic N) is 1. The van der Waals surface area contributed by atoms with Crippen LogP contribution in [-0.4, -0.2) is 18.7 Å². The van der Waals surface area contributed by atoms with Crippen LogP contribution in [0.4, 0.5) is 0 Å². The van der Waals surface area contributed by atoms with E-state index >= 15 is 0 Å². The van der Waals surface area contributed by atoms with E-state index in [1.54, 1.807) is 26.2 Å². The molecule has 0 unspecified atom stereocenters. The Morgan fingerprint density at radius 3 is 2.67 bits per heavy atom. The number of hydrogen-bond acceptors (Lipinski definition) is 3. The maximum Gasteiger partial charge on any atom is 0.214 e. The summed E-state index contributed by atoms with van der Waals surface area (Å²) in [6.45, 7) is 5.54. The van der Waals surface area contributed by atoms with Gasteiger partial charge < -0.3 is 0 Å². The van der Waals surface area contributed by atoms with Gasteiger partial charge >= 0.3 is 0 Å². The molecule has 0 aliphatic heterocycles. The molecule has 0 bridgehead atoms. The average molecular weight is 228 g/mol. The Balaban J connectivity index is 2.70. The van der Waals surface area contributed by atoms with E-state index in [0.717, 1.165) is 11.1 Å². The van der Waals surface area contributed by atoms with Gasteiger partial charge in [-0.2, -0.15) is 0 Å². The van der Waals surface area contributed by atoms with Gasteiger partial charge in [-0.05, 0) is 38.0 Å². The quantitative estimate of drug-likeness (QED) is 0.843. The van der Waals surface area contributed by atoms with E-state index in [1.165, 1.54) is 0 Å². The molecule has 0 fully saturated rings. The largest absolute Gasteiger partial charge is 0.264 e. The van der Waals surface area contributed by atoms with Gasteiger partial charge in [0.05, 0.1) is 5.25 Å². The number of sulfonamides is 1. The van der Waals surface area contributed by atoms with Gasteiger partial charge in [-0.3, -0.25) is 4.98 Å². The Morgan fingerprint density at radius 1 is 1.47 bits per heavy atom. The van der Waals surface area contributed by atoms with Crippen LogP contribution in [-0.2, 0) is 16.6 Å². The first kappa shape index (κ1) is 12.1. The minimum atomic E-state index is -3.19. The second-order valence-electron chi connectivity index (χ2n) is 3.72. The first-order valence-electron chi connectivity index (χ1n) is 4.81. The molecule has 0 aromatic carbocycles. The summed E-state index contributed by atoms with van der Waals surface area (Å²) in [5.74, 6) is 0. The van der Waals surface area contributed by atoms with Crippen molar-refractivity contribution in [3.63, 3.8) is 0 Å². The summed E-state index contributed by atoms with van der Waals surface area (Å²) in [4.78, 5) is 3.96. The molecule has 1 aromatic heterocycles. The monoisotopic (exact) mass is 228 g/mol. The smallest absolute Gasteiger partial charge is 0.214 e. The summed E-state index contributed by atoms with van der Waals surface area (Å²) in [6, 6.07) is 1.86. The fourth-order valence-electron chi connectivity index (χ4n) is 1.03. The molecule has 0 spiro atoms. The molecule has 0 aliphatic carbocycles. The molecule has 84 valence electrons. The molecule has 5 heteroatoms. The summed E-state index contributed by atoms with van der Waals surface area (Å²) >= 11 is 0. The van der Waals surface area contributed by atoms with Crippen molar-refractivity contribution < 1.29 is 8.42 Å². The maximum absolute atomic E-state index is 11.5. The van der Waals surface area contributed by atoms with Gasteiger partial charge in [0.2, 0.25) is 10.0 Å². The van der Waals surface area contributed by atoms with Crippen molar-refractivity contribution in [2.24, 2.45) is 0 Å². The average Bonchev–Trinajstić information content (AvgIpc) is 2.16. The summed E-state index contributed by atoms with van der Waals surface area (Å²) in [5, 5.41) is -0.408. The fraction of sp³-hybridized carbons (Fsp3) is 0.500. The third-order valence-electron chi connectivity index (χ3n) is 2.23. The standard InChI is InChI=1S/C10H16N2O2S/c1-8(2)15(13,14)12-7-10-6-11-5-4-9(10)3/h4-6,8,12H,7H2,1-3H3. The highest BCUT2D eigenvalue weighted by Gasteiger charge is 2.15. The van der Waals surface area contributed by atoms with Crippen molar-refractivity contribution in [1.82, 2.24) is 9.71 Å². The Labute approximate surface area is 90.8 Å². The third kappa shape index (κ3) is 3.28. The number of rotatable bonds is 4. The molecule has 1 N–H and O–H groups in total. The van der Waals surface area contributed by atoms with Crippen LogP contribution in [0, 0.1) is 6.92 Å². The zero-order chi connectivity index (χ0) is 11.5. The molecule has 0 atom stereocenters. The fourth-order valence-corrected chi connectivity index (χ4v) is 1.72. The molecule has 0 radical (unpaired) electrons. The SMILES string of the molecule is Cc1ccncc1CNS(=O)(=O)C(C)C. The lowest BCUT2D eigenvalue weighted by atomic mass is 10.2. The van der Waals surface area contributed by atoms with Crippen LogP contribution in [0.3, 0.4) is 0 Å². The van der Waals surface area contributed by atoms with E-state index in [1.807, 2.05) is 13.0 Å². The second kappa shape index (κ2) is 4.72. The number of pyridine rings is 1. The topological polar surface area (TPSA) is 59.1 Å². The molecule has 4 nitrogen and oxygen atoms in total. The normalized spacial score (nSPS) is 12.0.